The van der Waals surface area contributed by atoms with Gasteiger partial charge in [-0.2, -0.15) is 5.10 Å². The minimum Gasteiger partial charge on any atom is -0.272 e. The van der Waals surface area contributed by atoms with E-state index in [2.05, 4.69) is 17.0 Å². The Hall–Kier alpha value is -1.42. The van der Waals surface area contributed by atoms with Gasteiger partial charge in [0.15, 0.2) is 0 Å². The first-order chi connectivity index (χ1) is 9.57. The molecule has 0 radical (unpaired) electrons. The van der Waals surface area contributed by atoms with Crippen molar-refractivity contribution >= 4 is 11.6 Å². The Morgan fingerprint density at radius 1 is 1.40 bits per heavy atom. The molecule has 5 heteroatoms. The van der Waals surface area contributed by atoms with Crippen molar-refractivity contribution in [2.75, 3.05) is 0 Å². The lowest BCUT2D eigenvalue weighted by molar-refractivity contribution is 0.268. The molecule has 0 aromatic carbocycles. The van der Waals surface area contributed by atoms with Gasteiger partial charge >= 0.3 is 0 Å². The van der Waals surface area contributed by atoms with Crippen LogP contribution in [0, 0.1) is 11.2 Å². The summed E-state index contributed by atoms with van der Waals surface area (Å²) in [6.45, 7) is 3.16. The molecule has 106 valence electrons. The molecule has 2 aromatic rings. The predicted octanol–water partition coefficient (Wildman–Crippen LogP) is 4.32. The Morgan fingerprint density at radius 2 is 2.15 bits per heavy atom. The van der Waals surface area contributed by atoms with E-state index in [4.69, 9.17) is 11.6 Å². The number of hydrogen-bond acceptors (Lipinski definition) is 2. The first-order valence-corrected chi connectivity index (χ1v) is 7.28. The Balaban J connectivity index is 1.87. The van der Waals surface area contributed by atoms with Crippen molar-refractivity contribution in [2.45, 2.75) is 39.2 Å². The highest BCUT2D eigenvalue weighted by Crippen LogP contribution is 2.39. The Morgan fingerprint density at radius 3 is 2.85 bits per heavy atom. The largest absolute Gasteiger partial charge is 0.272 e. The van der Waals surface area contributed by atoms with E-state index in [1.54, 1.807) is 6.20 Å². The highest BCUT2D eigenvalue weighted by atomic mass is 35.5. The number of nitrogens with zero attached hydrogens (tertiary/aromatic N) is 3. The van der Waals surface area contributed by atoms with Crippen LogP contribution in [-0.4, -0.2) is 14.8 Å². The van der Waals surface area contributed by atoms with Gasteiger partial charge in [-0.15, -0.1) is 0 Å². The fourth-order valence-corrected chi connectivity index (χ4v) is 3.28. The molecule has 3 rings (SSSR count). The summed E-state index contributed by atoms with van der Waals surface area (Å²) < 4.78 is 15.8. The lowest BCUT2D eigenvalue weighted by Gasteiger charge is -2.22. The maximum atomic E-state index is 13.9. The van der Waals surface area contributed by atoms with Crippen molar-refractivity contribution in [2.24, 2.45) is 5.41 Å². The van der Waals surface area contributed by atoms with E-state index in [1.165, 1.54) is 37.9 Å². The standard InChI is InChI=1S/C15H17ClFN3/c1-15(5-2-3-6-15)10-20-9-11(8-19-20)13-12(17)4-7-18-14(13)16/h4,7-9H,2-3,5-6,10H2,1H3. The first-order valence-electron chi connectivity index (χ1n) is 6.90. The van der Waals surface area contributed by atoms with Crippen LogP contribution in [0.5, 0.6) is 0 Å². The molecule has 3 nitrogen and oxygen atoms in total. The Bertz CT molecular complexity index is 597. The molecule has 0 saturated heterocycles. The van der Waals surface area contributed by atoms with E-state index >= 15 is 0 Å². The van der Waals surface area contributed by atoms with Crippen molar-refractivity contribution in [3.63, 3.8) is 0 Å². The van der Waals surface area contributed by atoms with Gasteiger partial charge in [-0.05, 0) is 24.3 Å². The van der Waals surface area contributed by atoms with Crippen LogP contribution in [0.2, 0.25) is 5.15 Å². The molecule has 0 N–H and O–H groups in total. The summed E-state index contributed by atoms with van der Waals surface area (Å²) in [4.78, 5) is 3.93. The Labute approximate surface area is 122 Å². The van der Waals surface area contributed by atoms with Gasteiger partial charge in [0.1, 0.15) is 11.0 Å². The molecule has 0 unspecified atom stereocenters. The quantitative estimate of drug-likeness (QED) is 0.789. The third-order valence-corrected chi connectivity index (χ3v) is 4.42. The van der Waals surface area contributed by atoms with Crippen LogP contribution in [0.15, 0.2) is 24.7 Å². The molecule has 2 heterocycles. The molecule has 2 aromatic heterocycles. The minimum absolute atomic E-state index is 0.177. The molecular weight excluding hydrogens is 277 g/mol. The summed E-state index contributed by atoms with van der Waals surface area (Å²) in [6, 6.07) is 1.32. The molecule has 20 heavy (non-hydrogen) atoms. The zero-order valence-corrected chi connectivity index (χ0v) is 12.2. The second-order valence-corrected chi connectivity index (χ2v) is 6.26. The lowest BCUT2D eigenvalue weighted by Crippen LogP contribution is -2.19. The average molecular weight is 294 g/mol. The van der Waals surface area contributed by atoms with Gasteiger partial charge in [-0.3, -0.25) is 4.68 Å². The van der Waals surface area contributed by atoms with Gasteiger partial charge < -0.3 is 0 Å². The first kappa shape index (κ1) is 13.6. The molecule has 1 aliphatic carbocycles. The highest BCUT2D eigenvalue weighted by molar-refractivity contribution is 6.32. The van der Waals surface area contributed by atoms with Crippen molar-refractivity contribution in [3.05, 3.63) is 35.6 Å². The molecule has 1 saturated carbocycles. The fraction of sp³-hybridized carbons (Fsp3) is 0.467. The second-order valence-electron chi connectivity index (χ2n) is 5.90. The van der Waals surface area contributed by atoms with Crippen molar-refractivity contribution < 1.29 is 4.39 Å². The van der Waals surface area contributed by atoms with Crippen LogP contribution in [0.3, 0.4) is 0 Å². The molecule has 0 bridgehead atoms. The van der Waals surface area contributed by atoms with Gasteiger partial charge in [0.05, 0.1) is 11.8 Å². The maximum Gasteiger partial charge on any atom is 0.139 e. The van der Waals surface area contributed by atoms with E-state index < -0.39 is 0 Å². The van der Waals surface area contributed by atoms with Gasteiger partial charge in [-0.1, -0.05) is 31.4 Å². The summed E-state index contributed by atoms with van der Waals surface area (Å²) in [5, 5.41) is 4.52. The molecule has 0 amide bonds. The predicted molar refractivity (Wildman–Crippen MR) is 77.0 cm³/mol. The third kappa shape index (κ3) is 2.57. The molecule has 0 spiro atoms. The van der Waals surface area contributed by atoms with Crippen LogP contribution in [0.1, 0.15) is 32.6 Å². The van der Waals surface area contributed by atoms with E-state index in [-0.39, 0.29) is 11.0 Å². The van der Waals surface area contributed by atoms with E-state index in [1.807, 2.05) is 10.9 Å². The second kappa shape index (κ2) is 5.17. The molecule has 0 atom stereocenters. The van der Waals surface area contributed by atoms with Crippen LogP contribution in [0.4, 0.5) is 4.39 Å². The van der Waals surface area contributed by atoms with Crippen LogP contribution in [-0.2, 0) is 6.54 Å². The summed E-state index contributed by atoms with van der Waals surface area (Å²) in [6.07, 6.45) is 9.90. The van der Waals surface area contributed by atoms with E-state index in [9.17, 15) is 4.39 Å². The van der Waals surface area contributed by atoms with Gasteiger partial charge in [0, 0.05) is 24.5 Å². The summed E-state index contributed by atoms with van der Waals surface area (Å²) in [5.74, 6) is -0.364. The van der Waals surface area contributed by atoms with Crippen LogP contribution in [0.25, 0.3) is 11.1 Å². The topological polar surface area (TPSA) is 30.7 Å². The fourth-order valence-electron chi connectivity index (χ4n) is 3.03. The monoisotopic (exact) mass is 293 g/mol. The number of halogens is 2. The summed E-state index contributed by atoms with van der Waals surface area (Å²) in [7, 11) is 0. The van der Waals surface area contributed by atoms with Crippen molar-refractivity contribution in [1.82, 2.24) is 14.8 Å². The van der Waals surface area contributed by atoms with Gasteiger partial charge in [-0.25, -0.2) is 9.37 Å². The van der Waals surface area contributed by atoms with E-state index in [0.29, 0.717) is 16.5 Å². The zero-order chi connectivity index (χ0) is 14.2. The summed E-state index contributed by atoms with van der Waals surface area (Å²) >= 11 is 5.98. The Kier molecular flexibility index (Phi) is 3.50. The molecule has 1 aliphatic rings. The molecule has 1 fully saturated rings. The molecular formula is C15H17ClFN3. The van der Waals surface area contributed by atoms with E-state index in [0.717, 1.165) is 6.54 Å². The van der Waals surface area contributed by atoms with Crippen LogP contribution < -0.4 is 0 Å². The lowest BCUT2D eigenvalue weighted by atomic mass is 9.89. The number of hydrogen-bond donors (Lipinski definition) is 0. The van der Waals surface area contributed by atoms with Gasteiger partial charge in [0.25, 0.3) is 0 Å². The van der Waals surface area contributed by atoms with Gasteiger partial charge in [0.2, 0.25) is 0 Å². The SMILES string of the molecule is CC1(Cn2cc(-c3c(F)ccnc3Cl)cn2)CCCC1. The minimum atomic E-state index is -0.364. The summed E-state index contributed by atoms with van der Waals surface area (Å²) in [5.41, 5.74) is 1.32. The highest BCUT2D eigenvalue weighted by Gasteiger charge is 2.29. The number of aromatic nitrogens is 3. The number of rotatable bonds is 3. The molecule has 0 aliphatic heterocycles. The smallest absolute Gasteiger partial charge is 0.139 e. The maximum absolute atomic E-state index is 13.9. The third-order valence-electron chi connectivity index (χ3n) is 4.13. The van der Waals surface area contributed by atoms with Crippen molar-refractivity contribution in [3.8, 4) is 11.1 Å². The van der Waals surface area contributed by atoms with Crippen LogP contribution >= 0.6 is 11.6 Å². The average Bonchev–Trinajstić information content (AvgIpc) is 2.99. The normalized spacial score (nSPS) is 17.6. The number of pyridine rings is 1. The van der Waals surface area contributed by atoms with Crippen molar-refractivity contribution in [1.29, 1.82) is 0 Å². The zero-order valence-electron chi connectivity index (χ0n) is 11.4.